The van der Waals surface area contributed by atoms with Gasteiger partial charge in [-0.3, -0.25) is 4.79 Å². The van der Waals surface area contributed by atoms with Crippen LogP contribution in [-0.2, 0) is 0 Å². The maximum atomic E-state index is 13.6. The van der Waals surface area contributed by atoms with Gasteiger partial charge in [0.15, 0.2) is 11.5 Å². The van der Waals surface area contributed by atoms with E-state index in [2.05, 4.69) is 14.9 Å². The van der Waals surface area contributed by atoms with Crippen molar-refractivity contribution in [2.45, 2.75) is 43.0 Å². The van der Waals surface area contributed by atoms with Crippen molar-refractivity contribution < 1.29 is 13.6 Å². The van der Waals surface area contributed by atoms with E-state index < -0.39 is 0 Å². The summed E-state index contributed by atoms with van der Waals surface area (Å²) in [4.78, 5) is 18.7. The Labute approximate surface area is 202 Å². The Balaban J connectivity index is 1.49. The lowest BCUT2D eigenvalue weighted by Gasteiger charge is -2.24. The Kier molecular flexibility index (Phi) is 6.54. The molecular formula is C27H26FN3O2S. The smallest absolute Gasteiger partial charge is 0.291 e. The highest BCUT2D eigenvalue weighted by atomic mass is 32.2. The molecule has 0 unspecified atom stereocenters. The number of nitrogens with zero attached hydrogens (tertiary/aromatic N) is 2. The summed E-state index contributed by atoms with van der Waals surface area (Å²) in [6.07, 6.45) is 9.59. The van der Waals surface area contributed by atoms with Crippen LogP contribution in [0.4, 0.5) is 10.1 Å². The highest BCUT2D eigenvalue weighted by molar-refractivity contribution is 7.98. The number of rotatable bonds is 6. The Bertz CT molecular complexity index is 1290. The second kappa shape index (κ2) is 9.89. The number of anilines is 1. The molecule has 0 spiro atoms. The van der Waals surface area contributed by atoms with Crippen LogP contribution in [0.5, 0.6) is 0 Å². The molecule has 0 atom stereocenters. The van der Waals surface area contributed by atoms with Gasteiger partial charge >= 0.3 is 0 Å². The highest BCUT2D eigenvalue weighted by Crippen LogP contribution is 2.38. The lowest BCUT2D eigenvalue weighted by molar-refractivity contribution is 0.0997. The molecule has 4 aromatic rings. The van der Waals surface area contributed by atoms with E-state index in [9.17, 15) is 9.18 Å². The number of carbonyl (C=O) groups is 1. The number of nitrogens with one attached hydrogen (secondary N) is 1. The molecule has 34 heavy (non-hydrogen) atoms. The van der Waals surface area contributed by atoms with Crippen LogP contribution in [0, 0.1) is 5.82 Å². The number of amides is 1. The molecular weight excluding hydrogens is 449 g/mol. The van der Waals surface area contributed by atoms with Crippen molar-refractivity contribution in [2.24, 2.45) is 0 Å². The predicted molar refractivity (Wildman–Crippen MR) is 134 cm³/mol. The molecule has 1 saturated carbocycles. The van der Waals surface area contributed by atoms with E-state index in [0.29, 0.717) is 17.5 Å². The number of hydrogen-bond acceptors (Lipinski definition) is 4. The normalized spacial score (nSPS) is 14.3. The molecule has 174 valence electrons. The molecule has 1 aliphatic carbocycles. The zero-order chi connectivity index (χ0) is 23.5. The van der Waals surface area contributed by atoms with Gasteiger partial charge in [0.25, 0.3) is 5.91 Å². The topological polar surface area (TPSA) is 60.1 Å². The Morgan fingerprint density at radius 1 is 1.09 bits per heavy atom. The quantitative estimate of drug-likeness (QED) is 0.295. The number of furan rings is 1. The third-order valence-electron chi connectivity index (χ3n) is 6.27. The van der Waals surface area contributed by atoms with Gasteiger partial charge in [-0.15, -0.1) is 11.8 Å². The molecule has 7 heteroatoms. The number of imidazole rings is 1. The average molecular weight is 476 g/mol. The molecule has 0 aliphatic heterocycles. The monoisotopic (exact) mass is 475 g/mol. The number of halogens is 1. The Hall–Kier alpha value is -3.32. The van der Waals surface area contributed by atoms with Crippen molar-refractivity contribution in [3.63, 3.8) is 0 Å². The molecule has 0 radical (unpaired) electrons. The molecule has 1 amide bonds. The van der Waals surface area contributed by atoms with Gasteiger partial charge in [-0.05, 0) is 73.7 Å². The first kappa shape index (κ1) is 22.5. The van der Waals surface area contributed by atoms with E-state index in [1.54, 1.807) is 30.0 Å². The summed E-state index contributed by atoms with van der Waals surface area (Å²) >= 11 is 1.62. The van der Waals surface area contributed by atoms with Gasteiger partial charge in [0.2, 0.25) is 0 Å². The number of aromatic nitrogens is 2. The molecule has 1 fully saturated rings. The van der Waals surface area contributed by atoms with Crippen molar-refractivity contribution in [1.82, 2.24) is 9.55 Å². The zero-order valence-corrected chi connectivity index (χ0v) is 19.8. The Morgan fingerprint density at radius 3 is 2.65 bits per heavy atom. The first-order valence-corrected chi connectivity index (χ1v) is 12.7. The second-order valence-electron chi connectivity index (χ2n) is 8.50. The third-order valence-corrected chi connectivity index (χ3v) is 7.00. The van der Waals surface area contributed by atoms with Gasteiger partial charge in [0, 0.05) is 22.2 Å². The fraction of sp³-hybridized carbons (Fsp3) is 0.259. The number of benzene rings is 2. The fourth-order valence-corrected chi connectivity index (χ4v) is 5.00. The van der Waals surface area contributed by atoms with Crippen molar-refractivity contribution >= 4 is 23.4 Å². The van der Waals surface area contributed by atoms with Crippen LogP contribution >= 0.6 is 11.8 Å². The molecule has 2 aromatic carbocycles. The van der Waals surface area contributed by atoms with Crippen molar-refractivity contribution in [1.29, 1.82) is 0 Å². The van der Waals surface area contributed by atoms with Gasteiger partial charge in [-0.25, -0.2) is 9.37 Å². The van der Waals surface area contributed by atoms with Gasteiger partial charge in [-0.1, -0.05) is 25.3 Å². The van der Waals surface area contributed by atoms with Gasteiger partial charge in [0.05, 0.1) is 12.0 Å². The summed E-state index contributed by atoms with van der Waals surface area (Å²) in [5, 5.41) is 2.91. The van der Waals surface area contributed by atoms with Crippen LogP contribution in [0.2, 0.25) is 0 Å². The largest absolute Gasteiger partial charge is 0.449 e. The first-order valence-electron chi connectivity index (χ1n) is 11.5. The minimum absolute atomic E-state index is 0.228. The van der Waals surface area contributed by atoms with Gasteiger partial charge in [0.1, 0.15) is 11.5 Å². The van der Waals surface area contributed by atoms with Crippen LogP contribution in [0.25, 0.3) is 22.7 Å². The van der Waals surface area contributed by atoms with E-state index >= 15 is 0 Å². The number of thioether (sulfide) groups is 1. The summed E-state index contributed by atoms with van der Waals surface area (Å²) in [5.41, 5.74) is 3.07. The van der Waals surface area contributed by atoms with E-state index in [1.165, 1.54) is 31.4 Å². The minimum atomic E-state index is -0.309. The van der Waals surface area contributed by atoms with Crippen LogP contribution in [0.3, 0.4) is 0 Å². The third kappa shape index (κ3) is 4.66. The van der Waals surface area contributed by atoms with Crippen LogP contribution in [0.1, 0.15) is 48.7 Å². The second-order valence-corrected chi connectivity index (χ2v) is 9.38. The summed E-state index contributed by atoms with van der Waals surface area (Å²) in [6, 6.07) is 17.8. The first-order chi connectivity index (χ1) is 16.6. The SMILES string of the molecule is CSc1cccc(NC(=O)c2ccc(-c3c(-c4ccc(F)cc4)ncn3C3CCCCC3)o2)c1. The van der Waals surface area contributed by atoms with Crippen LogP contribution < -0.4 is 5.32 Å². The summed E-state index contributed by atoms with van der Waals surface area (Å²) < 4.78 is 21.8. The zero-order valence-electron chi connectivity index (χ0n) is 19.0. The number of hydrogen-bond donors (Lipinski definition) is 1. The number of carbonyl (C=O) groups excluding carboxylic acids is 1. The minimum Gasteiger partial charge on any atom is -0.449 e. The van der Waals surface area contributed by atoms with E-state index in [0.717, 1.165) is 34.7 Å². The lowest BCUT2D eigenvalue weighted by atomic mass is 9.95. The molecule has 5 nitrogen and oxygen atoms in total. The maximum Gasteiger partial charge on any atom is 0.291 e. The summed E-state index contributed by atoms with van der Waals surface area (Å²) in [6.45, 7) is 0. The molecule has 0 bridgehead atoms. The molecule has 0 saturated heterocycles. The standard InChI is InChI=1S/C27H26FN3O2S/c1-34-22-9-5-6-20(16-22)30-27(32)24-15-14-23(33-24)26-25(18-10-12-19(28)13-11-18)29-17-31(26)21-7-3-2-4-8-21/h5-6,9-17,21H,2-4,7-8H2,1H3,(H,30,32). The van der Waals surface area contributed by atoms with Gasteiger partial charge in [-0.2, -0.15) is 0 Å². The van der Waals surface area contributed by atoms with Crippen molar-refractivity contribution in [3.8, 4) is 22.7 Å². The highest BCUT2D eigenvalue weighted by Gasteiger charge is 2.25. The fourth-order valence-electron chi connectivity index (χ4n) is 4.54. The average Bonchev–Trinajstić information content (AvgIpc) is 3.53. The molecule has 5 rings (SSSR count). The van der Waals surface area contributed by atoms with E-state index in [-0.39, 0.29) is 17.5 Å². The molecule has 2 heterocycles. The molecule has 1 N–H and O–H groups in total. The van der Waals surface area contributed by atoms with Crippen molar-refractivity contribution in [2.75, 3.05) is 11.6 Å². The lowest BCUT2D eigenvalue weighted by Crippen LogP contribution is -2.13. The van der Waals surface area contributed by atoms with Crippen LogP contribution in [0.15, 0.2) is 76.3 Å². The van der Waals surface area contributed by atoms with Crippen molar-refractivity contribution in [3.05, 3.63) is 78.6 Å². The van der Waals surface area contributed by atoms with Gasteiger partial charge < -0.3 is 14.3 Å². The van der Waals surface area contributed by atoms with E-state index in [1.807, 2.05) is 42.9 Å². The maximum absolute atomic E-state index is 13.6. The Morgan fingerprint density at radius 2 is 1.88 bits per heavy atom. The predicted octanol–water partition coefficient (Wildman–Crippen LogP) is 7.43. The van der Waals surface area contributed by atoms with Crippen LogP contribution in [-0.4, -0.2) is 21.7 Å². The molecule has 2 aromatic heterocycles. The van der Waals surface area contributed by atoms with E-state index in [4.69, 9.17) is 4.42 Å². The molecule has 1 aliphatic rings. The summed E-state index contributed by atoms with van der Waals surface area (Å²) in [5.74, 6) is 0.201. The summed E-state index contributed by atoms with van der Waals surface area (Å²) in [7, 11) is 0.